The van der Waals surface area contributed by atoms with Gasteiger partial charge in [-0.3, -0.25) is 0 Å². The molecule has 2 atom stereocenters. The maximum absolute atomic E-state index is 11.6. The summed E-state index contributed by atoms with van der Waals surface area (Å²) in [5.74, 6) is -0.320. The van der Waals surface area contributed by atoms with Crippen molar-refractivity contribution in [2.75, 3.05) is 19.8 Å². The second-order valence-electron chi connectivity index (χ2n) is 5.73. The smallest absolute Gasteiger partial charge is 0.330 e. The third-order valence-corrected chi connectivity index (χ3v) is 3.81. The van der Waals surface area contributed by atoms with Crippen molar-refractivity contribution in [1.82, 2.24) is 0 Å². The van der Waals surface area contributed by atoms with Gasteiger partial charge in [0.1, 0.15) is 0 Å². The van der Waals surface area contributed by atoms with E-state index in [1.54, 1.807) is 6.92 Å². The Labute approximate surface area is 138 Å². The molecule has 0 spiro atoms. The van der Waals surface area contributed by atoms with Crippen LogP contribution in [0.5, 0.6) is 0 Å². The normalized spacial score (nSPS) is 18.1. The molecule has 4 nitrogen and oxygen atoms in total. The van der Waals surface area contributed by atoms with Crippen LogP contribution in [0, 0.1) is 6.92 Å². The summed E-state index contributed by atoms with van der Waals surface area (Å²) in [4.78, 5) is 11.6. The van der Waals surface area contributed by atoms with Gasteiger partial charge in [-0.1, -0.05) is 30.7 Å². The topological polar surface area (TPSA) is 48.1 Å². The SMILES string of the molecule is CCOC(=O)/C=C/c1cc(C)ccc1C(CC)OCC[C@H]1CO1. The number of hydrogen-bond donors (Lipinski definition) is 0. The van der Waals surface area contributed by atoms with E-state index < -0.39 is 0 Å². The molecule has 1 saturated heterocycles. The number of carbonyl (C=O) groups is 1. The summed E-state index contributed by atoms with van der Waals surface area (Å²) in [6, 6.07) is 6.23. The minimum Gasteiger partial charge on any atom is -0.463 e. The van der Waals surface area contributed by atoms with Crippen molar-refractivity contribution in [1.29, 1.82) is 0 Å². The molecule has 1 aliphatic heterocycles. The number of rotatable bonds is 9. The Bertz CT molecular complexity index is 546. The van der Waals surface area contributed by atoms with E-state index in [4.69, 9.17) is 14.2 Å². The number of carbonyl (C=O) groups excluding carboxylic acids is 1. The second kappa shape index (κ2) is 8.85. The summed E-state index contributed by atoms with van der Waals surface area (Å²) in [6.07, 6.45) is 5.53. The zero-order chi connectivity index (χ0) is 16.7. The average molecular weight is 318 g/mol. The molecule has 1 heterocycles. The van der Waals surface area contributed by atoms with Gasteiger partial charge in [-0.05, 0) is 43.9 Å². The van der Waals surface area contributed by atoms with Gasteiger partial charge < -0.3 is 14.2 Å². The predicted octanol–water partition coefficient (Wildman–Crippen LogP) is 3.83. The molecule has 1 unspecified atom stereocenters. The van der Waals surface area contributed by atoms with E-state index in [-0.39, 0.29) is 12.1 Å². The quantitative estimate of drug-likeness (QED) is 0.394. The fourth-order valence-corrected chi connectivity index (χ4v) is 2.48. The van der Waals surface area contributed by atoms with Crippen molar-refractivity contribution in [3.05, 3.63) is 41.0 Å². The summed E-state index contributed by atoms with van der Waals surface area (Å²) in [5, 5.41) is 0. The highest BCUT2D eigenvalue weighted by atomic mass is 16.6. The average Bonchev–Trinajstić information content (AvgIpc) is 3.35. The number of hydrogen-bond acceptors (Lipinski definition) is 4. The van der Waals surface area contributed by atoms with Crippen LogP contribution in [-0.4, -0.2) is 31.9 Å². The lowest BCUT2D eigenvalue weighted by Crippen LogP contribution is -2.08. The molecule has 1 aliphatic rings. The fraction of sp³-hybridized carbons (Fsp3) is 0.526. The largest absolute Gasteiger partial charge is 0.463 e. The van der Waals surface area contributed by atoms with E-state index in [0.717, 1.165) is 36.1 Å². The number of epoxide rings is 1. The first-order chi connectivity index (χ1) is 11.1. The highest BCUT2D eigenvalue weighted by Crippen LogP contribution is 2.27. The van der Waals surface area contributed by atoms with Crippen LogP contribution in [-0.2, 0) is 19.0 Å². The first-order valence-electron chi connectivity index (χ1n) is 8.32. The van der Waals surface area contributed by atoms with E-state index in [9.17, 15) is 4.79 Å². The Hall–Kier alpha value is -1.65. The molecule has 0 bridgehead atoms. The monoisotopic (exact) mass is 318 g/mol. The number of ether oxygens (including phenoxy) is 3. The third-order valence-electron chi connectivity index (χ3n) is 3.81. The van der Waals surface area contributed by atoms with Crippen LogP contribution in [0.25, 0.3) is 6.08 Å². The van der Waals surface area contributed by atoms with Gasteiger partial charge in [0.25, 0.3) is 0 Å². The Morgan fingerprint density at radius 2 is 2.22 bits per heavy atom. The molecular weight excluding hydrogens is 292 g/mol. The van der Waals surface area contributed by atoms with Crippen molar-refractivity contribution in [2.24, 2.45) is 0 Å². The van der Waals surface area contributed by atoms with Gasteiger partial charge in [0.15, 0.2) is 0 Å². The zero-order valence-electron chi connectivity index (χ0n) is 14.2. The standard InChI is InChI=1S/C19H26O4/c1-4-18(22-11-10-16-13-23-16)17-8-6-14(3)12-15(17)7-9-19(20)21-5-2/h6-9,12,16,18H,4-5,10-11,13H2,1-3H3/b9-7+/t16-,18?/m0/s1. The van der Waals surface area contributed by atoms with Crippen LogP contribution in [0.3, 0.4) is 0 Å². The third kappa shape index (κ3) is 5.81. The summed E-state index contributed by atoms with van der Waals surface area (Å²) < 4.78 is 16.2. The molecule has 1 aromatic carbocycles. The van der Waals surface area contributed by atoms with Crippen LogP contribution in [0.1, 0.15) is 49.5 Å². The van der Waals surface area contributed by atoms with Gasteiger partial charge in [-0.25, -0.2) is 4.79 Å². The molecule has 23 heavy (non-hydrogen) atoms. The maximum Gasteiger partial charge on any atom is 0.330 e. The molecule has 0 aromatic heterocycles. The Balaban J connectivity index is 2.09. The molecule has 0 amide bonds. The fourth-order valence-electron chi connectivity index (χ4n) is 2.48. The van der Waals surface area contributed by atoms with E-state index in [2.05, 4.69) is 25.1 Å². The lowest BCUT2D eigenvalue weighted by atomic mass is 9.98. The summed E-state index contributed by atoms with van der Waals surface area (Å²) in [5.41, 5.74) is 3.27. The van der Waals surface area contributed by atoms with Crippen LogP contribution in [0.15, 0.2) is 24.3 Å². The Morgan fingerprint density at radius 1 is 1.43 bits per heavy atom. The van der Waals surface area contributed by atoms with Crippen LogP contribution in [0.2, 0.25) is 0 Å². The summed E-state index contributed by atoms with van der Waals surface area (Å²) >= 11 is 0. The minimum absolute atomic E-state index is 0.0243. The molecule has 0 radical (unpaired) electrons. The maximum atomic E-state index is 11.6. The lowest BCUT2D eigenvalue weighted by molar-refractivity contribution is -0.137. The van der Waals surface area contributed by atoms with E-state index in [1.807, 2.05) is 13.0 Å². The van der Waals surface area contributed by atoms with Crippen molar-refractivity contribution in [2.45, 2.75) is 45.8 Å². The number of benzene rings is 1. The van der Waals surface area contributed by atoms with E-state index >= 15 is 0 Å². The van der Waals surface area contributed by atoms with E-state index in [0.29, 0.717) is 19.3 Å². The van der Waals surface area contributed by atoms with Gasteiger partial charge in [0.2, 0.25) is 0 Å². The summed E-state index contributed by atoms with van der Waals surface area (Å²) in [7, 11) is 0. The molecule has 0 aliphatic carbocycles. The Kier molecular flexibility index (Phi) is 6.81. The van der Waals surface area contributed by atoms with E-state index in [1.165, 1.54) is 6.08 Å². The van der Waals surface area contributed by atoms with Gasteiger partial charge in [0.05, 0.1) is 25.4 Å². The van der Waals surface area contributed by atoms with Crippen LogP contribution in [0.4, 0.5) is 0 Å². The zero-order valence-corrected chi connectivity index (χ0v) is 14.2. The number of esters is 1. The highest BCUT2D eigenvalue weighted by molar-refractivity contribution is 5.87. The van der Waals surface area contributed by atoms with Crippen molar-refractivity contribution in [3.63, 3.8) is 0 Å². The second-order valence-corrected chi connectivity index (χ2v) is 5.73. The van der Waals surface area contributed by atoms with Crippen molar-refractivity contribution >= 4 is 12.0 Å². The van der Waals surface area contributed by atoms with Gasteiger partial charge in [-0.15, -0.1) is 0 Å². The molecule has 4 heteroatoms. The van der Waals surface area contributed by atoms with Gasteiger partial charge in [0, 0.05) is 12.7 Å². The predicted molar refractivity (Wildman–Crippen MR) is 90.2 cm³/mol. The minimum atomic E-state index is -0.320. The molecule has 1 fully saturated rings. The van der Waals surface area contributed by atoms with Crippen molar-refractivity contribution < 1.29 is 19.0 Å². The first-order valence-corrected chi connectivity index (χ1v) is 8.32. The molecule has 0 N–H and O–H groups in total. The van der Waals surface area contributed by atoms with Gasteiger partial charge in [-0.2, -0.15) is 0 Å². The molecule has 0 saturated carbocycles. The lowest BCUT2D eigenvalue weighted by Gasteiger charge is -2.19. The Morgan fingerprint density at radius 3 is 2.87 bits per heavy atom. The number of aryl methyl sites for hydroxylation is 1. The molecule has 2 rings (SSSR count). The first kappa shape index (κ1) is 17.7. The molecule has 1 aromatic rings. The molecule has 126 valence electrons. The van der Waals surface area contributed by atoms with Crippen LogP contribution < -0.4 is 0 Å². The summed E-state index contributed by atoms with van der Waals surface area (Å²) in [6.45, 7) is 7.88. The van der Waals surface area contributed by atoms with Crippen molar-refractivity contribution in [3.8, 4) is 0 Å². The van der Waals surface area contributed by atoms with Gasteiger partial charge >= 0.3 is 5.97 Å². The molecular formula is C19H26O4. The highest BCUT2D eigenvalue weighted by Gasteiger charge is 2.22. The van der Waals surface area contributed by atoms with Crippen LogP contribution >= 0.6 is 0 Å².